The Morgan fingerprint density at radius 3 is 2.90 bits per heavy atom. The van der Waals surface area contributed by atoms with Gasteiger partial charge in [0.1, 0.15) is 0 Å². The van der Waals surface area contributed by atoms with Crippen molar-refractivity contribution in [1.29, 1.82) is 0 Å². The first-order valence-electron chi connectivity index (χ1n) is 8.49. The lowest BCUT2D eigenvalue weighted by molar-refractivity contribution is 0.0249. The molecule has 1 aliphatic heterocycles. The molecule has 2 nitrogen and oxygen atoms in total. The number of hydrogen-bond donors (Lipinski definition) is 2. The van der Waals surface area contributed by atoms with Crippen LogP contribution in [0.3, 0.4) is 0 Å². The predicted molar refractivity (Wildman–Crippen MR) is 85.6 cm³/mol. The van der Waals surface area contributed by atoms with E-state index < -0.39 is 0 Å². The molecule has 1 aliphatic carbocycles. The minimum atomic E-state index is -0.176. The van der Waals surface area contributed by atoms with Crippen molar-refractivity contribution >= 4 is 0 Å². The Kier molecular flexibility index (Phi) is 6.31. The average molecular weight is 277 g/mol. The molecule has 1 saturated heterocycles. The van der Waals surface area contributed by atoms with Gasteiger partial charge in [-0.15, -0.1) is 0 Å². The lowest BCUT2D eigenvalue weighted by Gasteiger charge is -2.45. The highest BCUT2D eigenvalue weighted by molar-refractivity contribution is 5.08. The molecule has 1 saturated carbocycles. The van der Waals surface area contributed by atoms with Crippen LogP contribution in [0.2, 0.25) is 0 Å². The first-order valence-corrected chi connectivity index (χ1v) is 8.49. The van der Waals surface area contributed by atoms with Gasteiger partial charge in [0.2, 0.25) is 0 Å². The van der Waals surface area contributed by atoms with Crippen LogP contribution in [-0.4, -0.2) is 23.3 Å². The Balaban J connectivity index is 1.87. The van der Waals surface area contributed by atoms with Gasteiger partial charge in [-0.2, -0.15) is 0 Å². The standard InChI is InChI=1S/C18H31NO/c1-3-4-5-6-7-8-10-15-11-9-12-17-16(15)13-18(20)14(2)19-17/h6-8,10,14-20H,3-5,9,11-13H2,1-2H3/b7-6+,10-8+/t14-,15+,16-,17+,18-/m1/s1. The van der Waals surface area contributed by atoms with Crippen LogP contribution in [-0.2, 0) is 0 Å². The molecule has 20 heavy (non-hydrogen) atoms. The number of fused-ring (bicyclic) bond motifs is 1. The fraction of sp³-hybridized carbons (Fsp3) is 0.778. The van der Waals surface area contributed by atoms with Gasteiger partial charge in [-0.3, -0.25) is 0 Å². The number of nitrogens with one attached hydrogen (secondary N) is 1. The Morgan fingerprint density at radius 2 is 2.10 bits per heavy atom. The smallest absolute Gasteiger partial charge is 0.0694 e. The highest BCUT2D eigenvalue weighted by atomic mass is 16.3. The van der Waals surface area contributed by atoms with Crippen molar-refractivity contribution in [1.82, 2.24) is 5.32 Å². The third-order valence-corrected chi connectivity index (χ3v) is 5.02. The molecular formula is C18H31NO. The van der Waals surface area contributed by atoms with Crippen LogP contribution in [0.15, 0.2) is 24.3 Å². The predicted octanol–water partition coefficient (Wildman–Crippen LogP) is 3.82. The average Bonchev–Trinajstić information content (AvgIpc) is 2.44. The summed E-state index contributed by atoms with van der Waals surface area (Å²) in [6.07, 6.45) is 17.5. The molecule has 0 aromatic carbocycles. The van der Waals surface area contributed by atoms with Crippen LogP contribution in [0.5, 0.6) is 0 Å². The minimum absolute atomic E-state index is 0.176. The number of hydrogen-bond acceptors (Lipinski definition) is 2. The molecule has 2 fully saturated rings. The molecule has 0 amide bonds. The molecule has 0 spiro atoms. The molecule has 2 N–H and O–H groups in total. The SMILES string of the molecule is CCCC/C=C/C=C/[C@H]1CCC[C@@H]2N[C@H](C)[C@H](O)C[C@@H]21. The van der Waals surface area contributed by atoms with E-state index in [2.05, 4.69) is 43.5 Å². The molecule has 114 valence electrons. The van der Waals surface area contributed by atoms with E-state index in [1.807, 2.05) is 0 Å². The lowest BCUT2D eigenvalue weighted by Crippen LogP contribution is -2.56. The van der Waals surface area contributed by atoms with E-state index in [4.69, 9.17) is 0 Å². The summed E-state index contributed by atoms with van der Waals surface area (Å²) in [4.78, 5) is 0. The number of rotatable bonds is 5. The number of piperidine rings is 1. The van der Waals surface area contributed by atoms with Gasteiger partial charge in [0, 0.05) is 12.1 Å². The second-order valence-electron chi connectivity index (χ2n) is 6.58. The molecule has 5 atom stereocenters. The van der Waals surface area contributed by atoms with Crippen molar-refractivity contribution < 1.29 is 5.11 Å². The zero-order valence-electron chi connectivity index (χ0n) is 13.1. The van der Waals surface area contributed by atoms with Gasteiger partial charge in [0.15, 0.2) is 0 Å². The third kappa shape index (κ3) is 4.20. The molecule has 0 aromatic heterocycles. The number of unbranched alkanes of at least 4 members (excludes halogenated alkanes) is 2. The summed E-state index contributed by atoms with van der Waals surface area (Å²) in [6, 6.07) is 0.869. The fourth-order valence-electron chi connectivity index (χ4n) is 3.72. The summed E-state index contributed by atoms with van der Waals surface area (Å²) in [6.45, 7) is 4.34. The molecule has 2 aliphatic rings. The first kappa shape index (κ1) is 15.8. The van der Waals surface area contributed by atoms with Crippen LogP contribution in [0.1, 0.15) is 58.8 Å². The normalized spacial score (nSPS) is 38.5. The van der Waals surface area contributed by atoms with E-state index in [-0.39, 0.29) is 12.1 Å². The summed E-state index contributed by atoms with van der Waals surface area (Å²) >= 11 is 0. The Hall–Kier alpha value is -0.600. The summed E-state index contributed by atoms with van der Waals surface area (Å²) in [5.74, 6) is 1.26. The van der Waals surface area contributed by atoms with Gasteiger partial charge in [-0.25, -0.2) is 0 Å². The van der Waals surface area contributed by atoms with Crippen molar-refractivity contribution in [3.05, 3.63) is 24.3 Å². The molecule has 0 bridgehead atoms. The summed E-state index contributed by atoms with van der Waals surface area (Å²) in [5, 5.41) is 13.7. The minimum Gasteiger partial charge on any atom is -0.392 e. The van der Waals surface area contributed by atoms with Gasteiger partial charge in [0.05, 0.1) is 6.10 Å². The Labute approximate surface area is 124 Å². The van der Waals surface area contributed by atoms with Crippen molar-refractivity contribution in [2.75, 3.05) is 0 Å². The van der Waals surface area contributed by atoms with E-state index in [9.17, 15) is 5.11 Å². The van der Waals surface area contributed by atoms with Crippen LogP contribution >= 0.6 is 0 Å². The van der Waals surface area contributed by atoms with Gasteiger partial charge >= 0.3 is 0 Å². The third-order valence-electron chi connectivity index (χ3n) is 5.02. The second-order valence-corrected chi connectivity index (χ2v) is 6.58. The molecule has 2 rings (SSSR count). The number of allylic oxidation sites excluding steroid dienone is 4. The lowest BCUT2D eigenvalue weighted by atomic mass is 9.70. The van der Waals surface area contributed by atoms with Gasteiger partial charge in [0.25, 0.3) is 0 Å². The quantitative estimate of drug-likeness (QED) is 0.591. The monoisotopic (exact) mass is 277 g/mol. The number of aliphatic hydroxyl groups is 1. The van der Waals surface area contributed by atoms with Gasteiger partial charge < -0.3 is 10.4 Å². The Morgan fingerprint density at radius 1 is 1.25 bits per heavy atom. The van der Waals surface area contributed by atoms with Crippen LogP contribution in [0.25, 0.3) is 0 Å². The Bertz CT molecular complexity index is 336. The molecule has 0 aromatic rings. The summed E-state index contributed by atoms with van der Waals surface area (Å²) < 4.78 is 0. The maximum absolute atomic E-state index is 10.1. The zero-order valence-corrected chi connectivity index (χ0v) is 13.1. The summed E-state index contributed by atoms with van der Waals surface area (Å²) in [7, 11) is 0. The molecule has 1 heterocycles. The van der Waals surface area contributed by atoms with Crippen molar-refractivity contribution in [3.8, 4) is 0 Å². The fourth-order valence-corrected chi connectivity index (χ4v) is 3.72. The van der Waals surface area contributed by atoms with Gasteiger partial charge in [-0.1, -0.05) is 50.5 Å². The van der Waals surface area contributed by atoms with Crippen molar-refractivity contribution in [2.24, 2.45) is 11.8 Å². The summed E-state index contributed by atoms with van der Waals surface area (Å²) in [5.41, 5.74) is 0. The van der Waals surface area contributed by atoms with Crippen LogP contribution < -0.4 is 5.32 Å². The van der Waals surface area contributed by atoms with E-state index in [1.165, 1.54) is 38.5 Å². The highest BCUT2D eigenvalue weighted by Crippen LogP contribution is 2.37. The van der Waals surface area contributed by atoms with E-state index in [0.717, 1.165) is 6.42 Å². The molecular weight excluding hydrogens is 246 g/mol. The zero-order chi connectivity index (χ0) is 14.4. The van der Waals surface area contributed by atoms with Crippen LogP contribution in [0, 0.1) is 11.8 Å². The van der Waals surface area contributed by atoms with E-state index in [0.29, 0.717) is 17.9 Å². The topological polar surface area (TPSA) is 32.3 Å². The second kappa shape index (κ2) is 7.99. The maximum Gasteiger partial charge on any atom is 0.0694 e. The highest BCUT2D eigenvalue weighted by Gasteiger charge is 2.38. The molecule has 0 radical (unpaired) electrons. The first-order chi connectivity index (χ1) is 9.72. The van der Waals surface area contributed by atoms with E-state index in [1.54, 1.807) is 0 Å². The molecule has 2 heteroatoms. The van der Waals surface area contributed by atoms with Crippen LogP contribution in [0.4, 0.5) is 0 Å². The maximum atomic E-state index is 10.1. The van der Waals surface area contributed by atoms with E-state index >= 15 is 0 Å². The number of aliphatic hydroxyl groups excluding tert-OH is 1. The molecule has 0 unspecified atom stereocenters. The largest absolute Gasteiger partial charge is 0.392 e. The van der Waals surface area contributed by atoms with Gasteiger partial charge in [-0.05, 0) is 44.4 Å². The van der Waals surface area contributed by atoms with Crippen molar-refractivity contribution in [2.45, 2.75) is 77.0 Å². The van der Waals surface area contributed by atoms with Crippen molar-refractivity contribution in [3.63, 3.8) is 0 Å².